The summed E-state index contributed by atoms with van der Waals surface area (Å²) in [5.41, 5.74) is 4.18. The molecule has 4 rings (SSSR count). The molecule has 0 bridgehead atoms. The van der Waals surface area contributed by atoms with Crippen LogP contribution in [0.25, 0.3) is 0 Å². The molecule has 0 aliphatic carbocycles. The number of halogens is 1. The second kappa shape index (κ2) is 9.82. The largest absolute Gasteiger partial charge is 0.493 e. The van der Waals surface area contributed by atoms with E-state index in [0.717, 1.165) is 17.3 Å². The van der Waals surface area contributed by atoms with Crippen molar-refractivity contribution in [2.45, 2.75) is 19.0 Å². The van der Waals surface area contributed by atoms with Gasteiger partial charge in [0.05, 0.1) is 26.5 Å². The van der Waals surface area contributed by atoms with E-state index in [1.807, 2.05) is 19.1 Å². The van der Waals surface area contributed by atoms with Crippen molar-refractivity contribution in [3.05, 3.63) is 52.8 Å². The number of amides is 1. The first-order valence-electron chi connectivity index (χ1n) is 10.3. The molecule has 0 fully saturated rings. The average Bonchev–Trinajstić information content (AvgIpc) is 3.52. The molecule has 0 radical (unpaired) electrons. The lowest BCUT2D eigenvalue weighted by molar-refractivity contribution is 0.135. The van der Waals surface area contributed by atoms with E-state index in [-0.39, 0.29) is 16.3 Å². The summed E-state index contributed by atoms with van der Waals surface area (Å²) in [6.07, 6.45) is 2.63. The van der Waals surface area contributed by atoms with Gasteiger partial charge >= 0.3 is 6.09 Å². The molecule has 0 saturated carbocycles. The van der Waals surface area contributed by atoms with E-state index >= 15 is 4.39 Å². The topological polar surface area (TPSA) is 103 Å². The van der Waals surface area contributed by atoms with Crippen LogP contribution in [0.3, 0.4) is 0 Å². The summed E-state index contributed by atoms with van der Waals surface area (Å²) in [5, 5.41) is 0.193. The van der Waals surface area contributed by atoms with Gasteiger partial charge in [-0.2, -0.15) is 4.99 Å². The Kier molecular flexibility index (Phi) is 6.85. The van der Waals surface area contributed by atoms with Gasteiger partial charge in [0.15, 0.2) is 23.6 Å². The monoisotopic (exact) mass is 486 g/mol. The first kappa shape index (κ1) is 23.7. The SMILES string of the molecule is COC(=O)N=C(SC)C(=Nc1ccc(C2(C)N=CON2)cc1)c1cc(OC)c2c(c1F)CCO2. The lowest BCUT2D eigenvalue weighted by Gasteiger charge is -2.19. The zero-order valence-electron chi connectivity index (χ0n) is 19.0. The summed E-state index contributed by atoms with van der Waals surface area (Å²) in [6.45, 7) is 2.22. The number of methoxy groups -OCH3 is 2. The average molecular weight is 487 g/mol. The smallest absolute Gasteiger partial charge is 0.434 e. The van der Waals surface area contributed by atoms with Crippen molar-refractivity contribution in [2.24, 2.45) is 15.0 Å². The summed E-state index contributed by atoms with van der Waals surface area (Å²) in [4.78, 5) is 29.9. The molecule has 2 heterocycles. The summed E-state index contributed by atoms with van der Waals surface area (Å²) in [6, 6.07) is 8.69. The normalized spacial score (nSPS) is 19.4. The zero-order valence-corrected chi connectivity index (χ0v) is 19.9. The fourth-order valence-corrected chi connectivity index (χ4v) is 4.12. The van der Waals surface area contributed by atoms with Crippen molar-refractivity contribution < 1.29 is 28.2 Å². The standard InChI is InChI=1S/C23H23FN4O5S/c1-23(25-12-33-28-23)13-5-7-14(8-6-13)26-19(21(34-4)27-22(29)31-3)16-11-17(30-2)20-15(18(16)24)9-10-32-20/h5-8,11-12,28H,9-10H2,1-4H3. The van der Waals surface area contributed by atoms with Crippen LogP contribution in [0.5, 0.6) is 11.5 Å². The Hall–Kier alpha value is -3.44. The van der Waals surface area contributed by atoms with Crippen molar-refractivity contribution in [1.29, 1.82) is 0 Å². The van der Waals surface area contributed by atoms with Crippen LogP contribution in [-0.4, -0.2) is 50.3 Å². The maximum Gasteiger partial charge on any atom is 0.434 e. The lowest BCUT2D eigenvalue weighted by Crippen LogP contribution is -2.32. The van der Waals surface area contributed by atoms with Crippen LogP contribution in [0.15, 0.2) is 45.3 Å². The predicted molar refractivity (Wildman–Crippen MR) is 128 cm³/mol. The van der Waals surface area contributed by atoms with Crippen molar-refractivity contribution in [1.82, 2.24) is 5.48 Å². The molecule has 178 valence electrons. The number of hydroxylamine groups is 1. The van der Waals surface area contributed by atoms with E-state index in [2.05, 4.69) is 25.2 Å². The second-order valence-electron chi connectivity index (χ2n) is 7.47. The highest BCUT2D eigenvalue weighted by molar-refractivity contribution is 8.15. The third kappa shape index (κ3) is 4.48. The van der Waals surface area contributed by atoms with Crippen LogP contribution < -0.4 is 15.0 Å². The maximum absolute atomic E-state index is 15.6. The van der Waals surface area contributed by atoms with Gasteiger partial charge in [-0.3, -0.25) is 0 Å². The first-order valence-corrected chi connectivity index (χ1v) is 11.5. The molecular formula is C23H23FN4O5S. The molecule has 11 heteroatoms. The molecular weight excluding hydrogens is 463 g/mol. The fraction of sp³-hybridized carbons (Fsp3) is 0.304. The minimum Gasteiger partial charge on any atom is -0.493 e. The van der Waals surface area contributed by atoms with Crippen LogP contribution >= 0.6 is 11.8 Å². The van der Waals surface area contributed by atoms with Gasteiger partial charge in [0.2, 0.25) is 0 Å². The molecule has 1 atom stereocenters. The number of ether oxygens (including phenoxy) is 3. The zero-order chi connectivity index (χ0) is 24.3. The molecule has 2 aromatic carbocycles. The number of carbonyl (C=O) groups is 1. The van der Waals surface area contributed by atoms with Gasteiger partial charge in [0.25, 0.3) is 0 Å². The van der Waals surface area contributed by atoms with Crippen molar-refractivity contribution in [3.8, 4) is 11.5 Å². The number of nitrogens with one attached hydrogen (secondary N) is 1. The maximum atomic E-state index is 15.6. The first-order chi connectivity index (χ1) is 16.4. The Labute approximate surface area is 200 Å². The van der Waals surface area contributed by atoms with Crippen LogP contribution in [-0.2, 0) is 21.7 Å². The minimum absolute atomic E-state index is 0.143. The summed E-state index contributed by atoms with van der Waals surface area (Å²) >= 11 is 1.15. The molecule has 2 aromatic rings. The molecule has 0 saturated heterocycles. The molecule has 9 nitrogen and oxygen atoms in total. The number of hydrogen-bond acceptors (Lipinski definition) is 9. The highest BCUT2D eigenvalue weighted by Gasteiger charge is 2.30. The number of thioether (sulfide) groups is 1. The Bertz CT molecular complexity index is 1200. The third-order valence-electron chi connectivity index (χ3n) is 5.40. The van der Waals surface area contributed by atoms with Crippen molar-refractivity contribution in [2.75, 3.05) is 27.1 Å². The summed E-state index contributed by atoms with van der Waals surface area (Å²) in [7, 11) is 2.70. The van der Waals surface area contributed by atoms with Gasteiger partial charge in [0.1, 0.15) is 16.6 Å². The number of hydrogen-bond donors (Lipinski definition) is 1. The van der Waals surface area contributed by atoms with Gasteiger partial charge in [-0.25, -0.2) is 19.2 Å². The minimum atomic E-state index is -0.817. The van der Waals surface area contributed by atoms with Gasteiger partial charge in [-0.15, -0.1) is 17.2 Å². The van der Waals surface area contributed by atoms with Gasteiger partial charge < -0.3 is 19.0 Å². The number of aliphatic imine (C=N–C) groups is 3. The summed E-state index contributed by atoms with van der Waals surface area (Å²) in [5.74, 6) is 0.260. The highest BCUT2D eigenvalue weighted by atomic mass is 32.2. The Morgan fingerprint density at radius 3 is 2.68 bits per heavy atom. The van der Waals surface area contributed by atoms with E-state index in [4.69, 9.17) is 14.3 Å². The Balaban J connectivity index is 1.85. The highest BCUT2D eigenvalue weighted by Crippen LogP contribution is 2.40. The Morgan fingerprint density at radius 1 is 1.29 bits per heavy atom. The van der Waals surface area contributed by atoms with E-state index in [1.54, 1.807) is 18.4 Å². The molecule has 1 unspecified atom stereocenters. The molecule has 1 N–H and O–H groups in total. The molecule has 0 aromatic heterocycles. The third-order valence-corrected chi connectivity index (χ3v) is 6.07. The van der Waals surface area contributed by atoms with E-state index < -0.39 is 17.6 Å². The quantitative estimate of drug-likeness (QED) is 0.500. The van der Waals surface area contributed by atoms with Crippen molar-refractivity contribution in [3.63, 3.8) is 0 Å². The van der Waals surface area contributed by atoms with E-state index in [1.165, 1.54) is 26.7 Å². The predicted octanol–water partition coefficient (Wildman–Crippen LogP) is 4.15. The van der Waals surface area contributed by atoms with Gasteiger partial charge in [-0.05, 0) is 36.9 Å². The van der Waals surface area contributed by atoms with E-state index in [0.29, 0.717) is 35.8 Å². The van der Waals surface area contributed by atoms with Crippen LogP contribution in [0.4, 0.5) is 14.9 Å². The van der Waals surface area contributed by atoms with E-state index in [9.17, 15) is 4.79 Å². The lowest BCUT2D eigenvalue weighted by atomic mass is 10.0. The van der Waals surface area contributed by atoms with Crippen LogP contribution in [0, 0.1) is 5.82 Å². The van der Waals surface area contributed by atoms with Crippen LogP contribution in [0.2, 0.25) is 0 Å². The molecule has 34 heavy (non-hydrogen) atoms. The van der Waals surface area contributed by atoms with Gasteiger partial charge in [-0.1, -0.05) is 12.1 Å². The number of fused-ring (bicyclic) bond motifs is 1. The van der Waals surface area contributed by atoms with Crippen molar-refractivity contribution >= 4 is 40.7 Å². The molecule has 0 spiro atoms. The molecule has 1 amide bonds. The Morgan fingerprint density at radius 2 is 2.06 bits per heavy atom. The number of benzene rings is 2. The number of carbonyl (C=O) groups excluding carboxylic acids is 1. The summed E-state index contributed by atoms with van der Waals surface area (Å²) < 4.78 is 31.3. The number of nitrogens with zero attached hydrogens (tertiary/aromatic N) is 3. The fourth-order valence-electron chi connectivity index (χ4n) is 3.60. The van der Waals surface area contributed by atoms with Gasteiger partial charge in [0, 0.05) is 17.5 Å². The molecule has 2 aliphatic rings. The number of rotatable bonds is 5. The second-order valence-corrected chi connectivity index (χ2v) is 8.27. The van der Waals surface area contributed by atoms with Crippen LogP contribution in [0.1, 0.15) is 23.6 Å². The molecule has 2 aliphatic heterocycles.